The Morgan fingerprint density at radius 1 is 1.21 bits per heavy atom. The maximum absolute atomic E-state index is 5.85. The van der Waals surface area contributed by atoms with Gasteiger partial charge in [-0.15, -0.1) is 31.7 Å². The third kappa shape index (κ3) is 3.81. The van der Waals surface area contributed by atoms with Crippen LogP contribution in [0, 0.1) is 6.92 Å². The van der Waals surface area contributed by atoms with Gasteiger partial charge in [-0.2, -0.15) is 0 Å². The molecule has 0 atom stereocenters. The number of benzene rings is 1. The van der Waals surface area contributed by atoms with Gasteiger partial charge >= 0.3 is 0 Å². The number of aromatic nitrogens is 5. The van der Waals surface area contributed by atoms with Crippen LogP contribution in [0.15, 0.2) is 46.2 Å². The highest BCUT2D eigenvalue weighted by molar-refractivity contribution is 7.98. The molecule has 0 bridgehead atoms. The summed E-state index contributed by atoms with van der Waals surface area (Å²) in [4.78, 5) is 2.35. The van der Waals surface area contributed by atoms with E-state index in [9.17, 15) is 0 Å². The average Bonchev–Trinajstić information content (AvgIpc) is 3.45. The molecule has 4 rings (SSSR count). The first-order chi connectivity index (χ1) is 13.7. The maximum Gasteiger partial charge on any atom is 0.257 e. The van der Waals surface area contributed by atoms with Crippen LogP contribution in [0.5, 0.6) is 5.75 Å². The Morgan fingerprint density at radius 2 is 2.11 bits per heavy atom. The van der Waals surface area contributed by atoms with E-state index in [-0.39, 0.29) is 0 Å². The second-order valence-corrected chi connectivity index (χ2v) is 8.12. The molecule has 0 unspecified atom stereocenters. The summed E-state index contributed by atoms with van der Waals surface area (Å²) in [5.74, 6) is 2.42. The molecule has 144 valence electrons. The first-order valence-electron chi connectivity index (χ1n) is 8.77. The zero-order chi connectivity index (χ0) is 19.5. The predicted octanol–water partition coefficient (Wildman–Crippen LogP) is 4.55. The van der Waals surface area contributed by atoms with Gasteiger partial charge in [-0.1, -0.05) is 24.8 Å². The van der Waals surface area contributed by atoms with Crippen molar-refractivity contribution in [3.63, 3.8) is 0 Å². The van der Waals surface area contributed by atoms with Crippen LogP contribution >= 0.6 is 23.1 Å². The van der Waals surface area contributed by atoms with E-state index in [1.165, 1.54) is 22.2 Å². The van der Waals surface area contributed by atoms with Gasteiger partial charge in [0, 0.05) is 10.9 Å². The molecule has 0 aliphatic carbocycles. The smallest absolute Gasteiger partial charge is 0.257 e. The van der Waals surface area contributed by atoms with Gasteiger partial charge in [0.05, 0.1) is 23.4 Å². The molecule has 4 aromatic rings. The molecule has 0 radical (unpaired) electrons. The number of hydrogen-bond donors (Lipinski definition) is 0. The van der Waals surface area contributed by atoms with Crippen molar-refractivity contribution >= 4 is 23.1 Å². The van der Waals surface area contributed by atoms with Crippen LogP contribution < -0.4 is 4.74 Å². The zero-order valence-corrected chi connectivity index (χ0v) is 17.4. The van der Waals surface area contributed by atoms with Gasteiger partial charge in [-0.3, -0.25) is 4.57 Å². The number of aryl methyl sites for hydroxylation is 2. The van der Waals surface area contributed by atoms with Crippen molar-refractivity contribution < 1.29 is 9.15 Å². The molecule has 0 saturated carbocycles. The highest BCUT2D eigenvalue weighted by atomic mass is 32.2. The van der Waals surface area contributed by atoms with Crippen molar-refractivity contribution in [2.75, 3.05) is 7.11 Å². The summed E-state index contributed by atoms with van der Waals surface area (Å²) >= 11 is 3.20. The molecule has 0 spiro atoms. The Bertz CT molecular complexity index is 1090. The van der Waals surface area contributed by atoms with Gasteiger partial charge < -0.3 is 9.15 Å². The van der Waals surface area contributed by atoms with Crippen molar-refractivity contribution in [2.24, 2.45) is 0 Å². The van der Waals surface area contributed by atoms with E-state index in [1.807, 2.05) is 28.8 Å². The number of hydrogen-bond acceptors (Lipinski definition) is 8. The van der Waals surface area contributed by atoms with Crippen LogP contribution in [0.25, 0.3) is 16.5 Å². The number of nitrogens with zero attached hydrogens (tertiary/aromatic N) is 5. The molecule has 7 nitrogen and oxygen atoms in total. The number of thiophene rings is 1. The first-order valence-corrected chi connectivity index (χ1v) is 10.6. The summed E-state index contributed by atoms with van der Waals surface area (Å²) in [6.45, 7) is 4.26. The van der Waals surface area contributed by atoms with Crippen LogP contribution in [-0.4, -0.2) is 32.1 Å². The van der Waals surface area contributed by atoms with Gasteiger partial charge in [0.25, 0.3) is 5.89 Å². The highest BCUT2D eigenvalue weighted by Gasteiger charge is 2.15. The van der Waals surface area contributed by atoms with Crippen molar-refractivity contribution in [3.8, 4) is 22.2 Å². The number of methoxy groups -OCH3 is 1. The second-order valence-electron chi connectivity index (χ2n) is 6.05. The maximum atomic E-state index is 5.85. The molecule has 3 heterocycles. The second kappa shape index (κ2) is 8.15. The molecule has 0 aliphatic heterocycles. The lowest BCUT2D eigenvalue weighted by Gasteiger charge is -2.07. The van der Waals surface area contributed by atoms with Gasteiger partial charge in [0.2, 0.25) is 5.89 Å². The monoisotopic (exact) mass is 413 g/mol. The largest absolute Gasteiger partial charge is 0.497 e. The fourth-order valence-electron chi connectivity index (χ4n) is 2.77. The molecule has 1 aromatic carbocycles. The van der Waals surface area contributed by atoms with Crippen LogP contribution in [0.4, 0.5) is 0 Å². The molecule has 9 heteroatoms. The van der Waals surface area contributed by atoms with E-state index in [4.69, 9.17) is 9.15 Å². The lowest BCUT2D eigenvalue weighted by atomic mass is 10.2. The molecular formula is C19H19N5O2S2. The molecule has 0 fully saturated rings. The molecule has 0 amide bonds. The Balaban J connectivity index is 1.49. The Labute approximate surface area is 170 Å². The summed E-state index contributed by atoms with van der Waals surface area (Å²) in [5.41, 5.74) is 2.20. The van der Waals surface area contributed by atoms with E-state index in [0.29, 0.717) is 17.5 Å². The standard InChI is InChI=1S/C19H19N5O2S2/c1-4-15-12(2)8-16(28-15)18-22-21-17(26-18)10-27-19-23-20-11-24(19)13-6-5-7-14(9-13)25-3/h5-9,11H,4,10H2,1-3H3. The summed E-state index contributed by atoms with van der Waals surface area (Å²) < 4.78 is 13.0. The molecular weight excluding hydrogens is 394 g/mol. The van der Waals surface area contributed by atoms with E-state index < -0.39 is 0 Å². The van der Waals surface area contributed by atoms with Gasteiger partial charge in [-0.05, 0) is 37.1 Å². The minimum atomic E-state index is 0.515. The van der Waals surface area contributed by atoms with Gasteiger partial charge in [-0.25, -0.2) is 0 Å². The highest BCUT2D eigenvalue weighted by Crippen LogP contribution is 2.32. The Kier molecular flexibility index (Phi) is 5.45. The fourth-order valence-corrected chi connectivity index (χ4v) is 4.58. The zero-order valence-electron chi connectivity index (χ0n) is 15.7. The van der Waals surface area contributed by atoms with Crippen molar-refractivity contribution in [3.05, 3.63) is 53.0 Å². The minimum Gasteiger partial charge on any atom is -0.497 e. The molecule has 28 heavy (non-hydrogen) atoms. The Hall–Kier alpha value is -2.65. The van der Waals surface area contributed by atoms with Crippen LogP contribution in [0.2, 0.25) is 0 Å². The molecule has 3 aromatic heterocycles. The van der Waals surface area contributed by atoms with Crippen molar-refractivity contribution in [1.82, 2.24) is 25.0 Å². The van der Waals surface area contributed by atoms with E-state index in [2.05, 4.69) is 40.3 Å². The van der Waals surface area contributed by atoms with Gasteiger partial charge in [0.15, 0.2) is 5.16 Å². The lowest BCUT2D eigenvalue weighted by molar-refractivity contribution is 0.414. The first kappa shape index (κ1) is 18.7. The van der Waals surface area contributed by atoms with Crippen molar-refractivity contribution in [1.29, 1.82) is 0 Å². The summed E-state index contributed by atoms with van der Waals surface area (Å²) in [7, 11) is 1.65. The van der Waals surface area contributed by atoms with Crippen LogP contribution in [0.3, 0.4) is 0 Å². The average molecular weight is 414 g/mol. The summed E-state index contributed by atoms with van der Waals surface area (Å²) in [5, 5.41) is 17.4. The number of ether oxygens (including phenoxy) is 1. The molecule has 0 aliphatic rings. The fraction of sp³-hybridized carbons (Fsp3) is 0.263. The van der Waals surface area contributed by atoms with E-state index >= 15 is 0 Å². The minimum absolute atomic E-state index is 0.515. The van der Waals surface area contributed by atoms with E-state index in [1.54, 1.807) is 24.8 Å². The summed E-state index contributed by atoms with van der Waals surface area (Å²) in [6, 6.07) is 9.85. The van der Waals surface area contributed by atoms with Crippen LogP contribution in [0.1, 0.15) is 23.3 Å². The summed E-state index contributed by atoms with van der Waals surface area (Å²) in [6.07, 6.45) is 2.68. The number of rotatable bonds is 7. The number of thioether (sulfide) groups is 1. The Morgan fingerprint density at radius 3 is 2.89 bits per heavy atom. The van der Waals surface area contributed by atoms with Gasteiger partial charge in [0.1, 0.15) is 12.1 Å². The lowest BCUT2D eigenvalue weighted by Crippen LogP contribution is -1.96. The molecule has 0 N–H and O–H groups in total. The van der Waals surface area contributed by atoms with Crippen molar-refractivity contribution in [2.45, 2.75) is 31.2 Å². The quantitative estimate of drug-likeness (QED) is 0.411. The molecule has 0 saturated heterocycles. The third-order valence-electron chi connectivity index (χ3n) is 4.19. The van der Waals surface area contributed by atoms with Crippen LogP contribution in [-0.2, 0) is 12.2 Å². The third-order valence-corrected chi connectivity index (χ3v) is 6.49. The van der Waals surface area contributed by atoms with E-state index in [0.717, 1.165) is 27.9 Å². The predicted molar refractivity (Wildman–Crippen MR) is 109 cm³/mol. The topological polar surface area (TPSA) is 78.9 Å². The normalized spacial score (nSPS) is 11.1. The SMILES string of the molecule is CCc1sc(-c2nnc(CSc3nncn3-c3cccc(OC)c3)o2)cc1C.